The molecule has 1 aromatic rings. The van der Waals surface area contributed by atoms with Crippen LogP contribution in [-0.2, 0) is 5.41 Å². The van der Waals surface area contributed by atoms with Crippen LogP contribution in [-0.4, -0.2) is 19.2 Å². The molecular weight excluding hydrogens is 258 g/mol. The zero-order valence-corrected chi connectivity index (χ0v) is 13.3. The lowest BCUT2D eigenvalue weighted by atomic mass is 9.86. The first-order valence-corrected chi connectivity index (χ1v) is 6.95. The van der Waals surface area contributed by atoms with Gasteiger partial charge in [0, 0.05) is 0 Å². The summed E-state index contributed by atoms with van der Waals surface area (Å²) in [6.45, 7) is 11.0. The SMILES string of the molecule is Cc1cc(C(C)(C)C)ccc1OC1CCNCC1.Cl. The molecule has 0 aliphatic carbocycles. The number of piperidine rings is 1. The summed E-state index contributed by atoms with van der Waals surface area (Å²) in [7, 11) is 0. The average Bonchev–Trinajstić information content (AvgIpc) is 2.32. The number of rotatable bonds is 2. The normalized spacial score (nSPS) is 16.8. The number of ether oxygens (including phenoxy) is 1. The van der Waals surface area contributed by atoms with Crippen molar-refractivity contribution >= 4 is 12.4 Å². The fourth-order valence-corrected chi connectivity index (χ4v) is 2.34. The van der Waals surface area contributed by atoms with E-state index in [-0.39, 0.29) is 17.8 Å². The molecule has 1 N–H and O–H groups in total. The molecule has 0 aromatic heterocycles. The number of aryl methyl sites for hydroxylation is 1. The predicted molar refractivity (Wildman–Crippen MR) is 83.6 cm³/mol. The maximum Gasteiger partial charge on any atom is 0.122 e. The van der Waals surface area contributed by atoms with Gasteiger partial charge in [0.1, 0.15) is 11.9 Å². The summed E-state index contributed by atoms with van der Waals surface area (Å²) in [4.78, 5) is 0. The number of hydrogen-bond donors (Lipinski definition) is 1. The summed E-state index contributed by atoms with van der Waals surface area (Å²) in [5.41, 5.74) is 2.83. The first-order chi connectivity index (χ1) is 8.47. The molecule has 1 saturated heterocycles. The van der Waals surface area contributed by atoms with Crippen LogP contribution in [0.4, 0.5) is 0 Å². The van der Waals surface area contributed by atoms with Gasteiger partial charge in [0.2, 0.25) is 0 Å². The van der Waals surface area contributed by atoms with Crippen LogP contribution in [0.3, 0.4) is 0 Å². The van der Waals surface area contributed by atoms with Crippen molar-refractivity contribution in [3.8, 4) is 5.75 Å². The first-order valence-electron chi connectivity index (χ1n) is 6.95. The molecule has 0 saturated carbocycles. The Morgan fingerprint density at radius 2 is 1.79 bits per heavy atom. The van der Waals surface area contributed by atoms with Gasteiger partial charge in [-0.1, -0.05) is 32.9 Å². The zero-order valence-electron chi connectivity index (χ0n) is 12.5. The van der Waals surface area contributed by atoms with E-state index in [1.807, 2.05) is 0 Å². The smallest absolute Gasteiger partial charge is 0.122 e. The first kappa shape index (κ1) is 16.3. The van der Waals surface area contributed by atoms with Gasteiger partial charge in [0.05, 0.1) is 0 Å². The van der Waals surface area contributed by atoms with Crippen molar-refractivity contribution in [1.29, 1.82) is 0 Å². The minimum absolute atomic E-state index is 0. The quantitative estimate of drug-likeness (QED) is 0.890. The minimum Gasteiger partial charge on any atom is -0.490 e. The van der Waals surface area contributed by atoms with Crippen LogP contribution in [0.25, 0.3) is 0 Å². The molecule has 3 heteroatoms. The predicted octanol–water partition coefficient (Wildman–Crippen LogP) is 3.85. The molecule has 1 aliphatic rings. The Bertz CT molecular complexity index is 406. The molecule has 0 atom stereocenters. The van der Waals surface area contributed by atoms with Gasteiger partial charge in [0.15, 0.2) is 0 Å². The Morgan fingerprint density at radius 3 is 2.32 bits per heavy atom. The van der Waals surface area contributed by atoms with E-state index in [0.717, 1.165) is 31.7 Å². The lowest BCUT2D eigenvalue weighted by Gasteiger charge is -2.26. The molecule has 0 amide bonds. The lowest BCUT2D eigenvalue weighted by Crippen LogP contribution is -2.34. The van der Waals surface area contributed by atoms with Crippen LogP contribution in [0.1, 0.15) is 44.7 Å². The van der Waals surface area contributed by atoms with Gasteiger partial charge >= 0.3 is 0 Å². The van der Waals surface area contributed by atoms with Crippen LogP contribution in [0.2, 0.25) is 0 Å². The Balaban J connectivity index is 0.00000180. The van der Waals surface area contributed by atoms with Crippen molar-refractivity contribution in [3.05, 3.63) is 29.3 Å². The Labute approximate surface area is 123 Å². The second-order valence-corrected chi connectivity index (χ2v) is 6.30. The molecule has 1 heterocycles. The molecule has 1 aromatic carbocycles. The average molecular weight is 284 g/mol. The van der Waals surface area contributed by atoms with Gasteiger partial charge in [0.25, 0.3) is 0 Å². The standard InChI is InChI=1S/C16H25NO.ClH/c1-12-11-13(16(2,3)4)5-6-15(12)18-14-7-9-17-10-8-14;/h5-6,11,14,17H,7-10H2,1-4H3;1H. The summed E-state index contributed by atoms with van der Waals surface area (Å²) in [5, 5.41) is 3.36. The Morgan fingerprint density at radius 1 is 1.16 bits per heavy atom. The highest BCUT2D eigenvalue weighted by molar-refractivity contribution is 5.85. The van der Waals surface area contributed by atoms with Gasteiger partial charge in [-0.05, 0) is 55.5 Å². The van der Waals surface area contributed by atoms with Crippen molar-refractivity contribution in [2.24, 2.45) is 0 Å². The van der Waals surface area contributed by atoms with E-state index in [1.54, 1.807) is 0 Å². The number of halogens is 1. The molecule has 0 bridgehead atoms. The van der Waals surface area contributed by atoms with E-state index in [4.69, 9.17) is 4.74 Å². The summed E-state index contributed by atoms with van der Waals surface area (Å²) >= 11 is 0. The van der Waals surface area contributed by atoms with Gasteiger partial charge in [-0.3, -0.25) is 0 Å². The van der Waals surface area contributed by atoms with Crippen LogP contribution < -0.4 is 10.1 Å². The van der Waals surface area contributed by atoms with Gasteiger partial charge in [-0.25, -0.2) is 0 Å². The highest BCUT2D eigenvalue weighted by atomic mass is 35.5. The van der Waals surface area contributed by atoms with E-state index in [2.05, 4.69) is 51.2 Å². The maximum absolute atomic E-state index is 6.11. The molecule has 1 fully saturated rings. The fraction of sp³-hybridized carbons (Fsp3) is 0.625. The molecular formula is C16H26ClNO. The monoisotopic (exact) mass is 283 g/mol. The third-order valence-corrected chi connectivity index (χ3v) is 3.62. The summed E-state index contributed by atoms with van der Waals surface area (Å²) in [6, 6.07) is 6.60. The largest absolute Gasteiger partial charge is 0.490 e. The minimum atomic E-state index is 0. The summed E-state index contributed by atoms with van der Waals surface area (Å²) in [5.74, 6) is 1.05. The van der Waals surface area contributed by atoms with Crippen molar-refractivity contribution in [1.82, 2.24) is 5.32 Å². The number of nitrogens with one attached hydrogen (secondary N) is 1. The Hall–Kier alpha value is -0.730. The lowest BCUT2D eigenvalue weighted by molar-refractivity contribution is 0.161. The fourth-order valence-electron chi connectivity index (χ4n) is 2.34. The molecule has 0 spiro atoms. The van der Waals surface area contributed by atoms with Crippen LogP contribution >= 0.6 is 12.4 Å². The van der Waals surface area contributed by atoms with Crippen molar-refractivity contribution in [2.45, 2.75) is 52.1 Å². The number of benzene rings is 1. The van der Waals surface area contributed by atoms with Gasteiger partial charge < -0.3 is 10.1 Å². The molecule has 0 radical (unpaired) electrons. The van der Waals surface area contributed by atoms with Gasteiger partial charge in [-0.15, -0.1) is 12.4 Å². The molecule has 108 valence electrons. The molecule has 1 aliphatic heterocycles. The summed E-state index contributed by atoms with van der Waals surface area (Å²) in [6.07, 6.45) is 2.60. The molecule has 19 heavy (non-hydrogen) atoms. The van der Waals surface area contributed by atoms with E-state index in [1.165, 1.54) is 11.1 Å². The van der Waals surface area contributed by atoms with Gasteiger partial charge in [-0.2, -0.15) is 0 Å². The van der Waals surface area contributed by atoms with Crippen molar-refractivity contribution in [3.63, 3.8) is 0 Å². The Kier molecular flexibility index (Phi) is 5.69. The van der Waals surface area contributed by atoms with E-state index in [9.17, 15) is 0 Å². The second-order valence-electron chi connectivity index (χ2n) is 6.30. The highest BCUT2D eigenvalue weighted by Gasteiger charge is 2.18. The van der Waals surface area contributed by atoms with E-state index in [0.29, 0.717) is 6.10 Å². The molecule has 0 unspecified atom stereocenters. The third kappa shape index (κ3) is 4.39. The highest BCUT2D eigenvalue weighted by Crippen LogP contribution is 2.28. The third-order valence-electron chi connectivity index (χ3n) is 3.62. The van der Waals surface area contributed by atoms with Crippen molar-refractivity contribution < 1.29 is 4.74 Å². The topological polar surface area (TPSA) is 21.3 Å². The van der Waals surface area contributed by atoms with Crippen LogP contribution in [0.15, 0.2) is 18.2 Å². The molecule has 2 nitrogen and oxygen atoms in total. The molecule has 2 rings (SSSR count). The second kappa shape index (κ2) is 6.62. The van der Waals surface area contributed by atoms with Crippen molar-refractivity contribution in [2.75, 3.05) is 13.1 Å². The summed E-state index contributed by atoms with van der Waals surface area (Å²) < 4.78 is 6.11. The number of hydrogen-bond acceptors (Lipinski definition) is 2. The van der Waals surface area contributed by atoms with E-state index < -0.39 is 0 Å². The van der Waals surface area contributed by atoms with Crippen LogP contribution in [0, 0.1) is 6.92 Å². The van der Waals surface area contributed by atoms with Crippen LogP contribution in [0.5, 0.6) is 5.75 Å². The maximum atomic E-state index is 6.11. The van der Waals surface area contributed by atoms with E-state index >= 15 is 0 Å². The zero-order chi connectivity index (χ0) is 13.2.